The van der Waals surface area contributed by atoms with E-state index in [2.05, 4.69) is 18.8 Å². The molecule has 1 rings (SSSR count). The third-order valence-electron chi connectivity index (χ3n) is 1.62. The minimum absolute atomic E-state index is 0.321. The second-order valence-corrected chi connectivity index (χ2v) is 4.39. The zero-order valence-corrected chi connectivity index (χ0v) is 9.56. The van der Waals surface area contributed by atoms with Crippen molar-refractivity contribution in [2.75, 3.05) is 6.61 Å². The monoisotopic (exact) mass is 213 g/mol. The zero-order chi connectivity index (χ0) is 10.6. The molecule has 3 nitrogen and oxygen atoms in total. The van der Waals surface area contributed by atoms with Crippen molar-refractivity contribution in [3.8, 4) is 0 Å². The van der Waals surface area contributed by atoms with E-state index < -0.39 is 0 Å². The molecule has 0 N–H and O–H groups in total. The first-order valence-electron chi connectivity index (χ1n) is 4.75. The van der Waals surface area contributed by atoms with Gasteiger partial charge < -0.3 is 4.74 Å². The first kappa shape index (κ1) is 11.2. The van der Waals surface area contributed by atoms with Gasteiger partial charge in [0.2, 0.25) is 0 Å². The molecule has 0 aliphatic heterocycles. The van der Waals surface area contributed by atoms with Crippen molar-refractivity contribution in [1.29, 1.82) is 0 Å². The minimum Gasteiger partial charge on any atom is -0.461 e. The van der Waals surface area contributed by atoms with Crippen LogP contribution in [0, 0.1) is 5.92 Å². The Hall–Kier alpha value is -0.900. The topological polar surface area (TPSA) is 39.2 Å². The quantitative estimate of drug-likeness (QED) is 0.721. The van der Waals surface area contributed by atoms with Crippen LogP contribution >= 0.6 is 11.3 Å². The van der Waals surface area contributed by atoms with E-state index in [1.807, 2.05) is 0 Å². The Labute approximate surface area is 88.1 Å². The molecule has 1 aromatic heterocycles. The number of hydrogen-bond donors (Lipinski definition) is 0. The minimum atomic E-state index is -0.321. The number of thiazole rings is 1. The standard InChI is InChI=1S/C10H15NO2S/c1-4-13-10(12)8-6-14-9(11-8)5-7(2)3/h6-7H,4-5H2,1-3H3. The summed E-state index contributed by atoms with van der Waals surface area (Å²) in [6.07, 6.45) is 0.921. The Kier molecular flexibility index (Phi) is 4.07. The maximum Gasteiger partial charge on any atom is 0.357 e. The van der Waals surface area contributed by atoms with Crippen molar-refractivity contribution in [3.05, 3.63) is 16.1 Å². The molecule has 0 spiro atoms. The summed E-state index contributed by atoms with van der Waals surface area (Å²) in [5.74, 6) is 0.245. The van der Waals surface area contributed by atoms with Gasteiger partial charge in [0.15, 0.2) is 5.69 Å². The van der Waals surface area contributed by atoms with E-state index in [1.165, 1.54) is 11.3 Å². The number of ether oxygens (including phenoxy) is 1. The number of carbonyl (C=O) groups excluding carboxylic acids is 1. The number of rotatable bonds is 4. The van der Waals surface area contributed by atoms with E-state index in [-0.39, 0.29) is 5.97 Å². The summed E-state index contributed by atoms with van der Waals surface area (Å²) in [6, 6.07) is 0. The molecule has 4 heteroatoms. The molecule has 0 atom stereocenters. The number of carbonyl (C=O) groups is 1. The van der Waals surface area contributed by atoms with E-state index in [4.69, 9.17) is 4.74 Å². The van der Waals surface area contributed by atoms with Crippen LogP contribution in [0.1, 0.15) is 36.3 Å². The molecule has 0 bridgehead atoms. The molecule has 0 saturated heterocycles. The van der Waals surface area contributed by atoms with E-state index >= 15 is 0 Å². The van der Waals surface area contributed by atoms with Gasteiger partial charge in [-0.2, -0.15) is 0 Å². The second-order valence-electron chi connectivity index (χ2n) is 3.44. The molecule has 78 valence electrons. The van der Waals surface area contributed by atoms with Crippen molar-refractivity contribution in [3.63, 3.8) is 0 Å². The van der Waals surface area contributed by atoms with E-state index in [0.29, 0.717) is 18.2 Å². The van der Waals surface area contributed by atoms with Crippen LogP contribution in [0.15, 0.2) is 5.38 Å². The highest BCUT2D eigenvalue weighted by molar-refractivity contribution is 7.09. The number of aromatic nitrogens is 1. The van der Waals surface area contributed by atoms with Gasteiger partial charge in [-0.25, -0.2) is 9.78 Å². The fourth-order valence-corrected chi connectivity index (χ4v) is 2.03. The van der Waals surface area contributed by atoms with E-state index in [9.17, 15) is 4.79 Å². The van der Waals surface area contributed by atoms with Crippen molar-refractivity contribution in [1.82, 2.24) is 4.98 Å². The van der Waals surface area contributed by atoms with Crippen LogP contribution in [-0.2, 0) is 11.2 Å². The van der Waals surface area contributed by atoms with Crippen molar-refractivity contribution in [2.45, 2.75) is 27.2 Å². The van der Waals surface area contributed by atoms with Gasteiger partial charge in [0.1, 0.15) is 0 Å². The van der Waals surface area contributed by atoms with Gasteiger partial charge in [-0.3, -0.25) is 0 Å². The predicted octanol–water partition coefficient (Wildman–Crippen LogP) is 2.52. The highest BCUT2D eigenvalue weighted by Gasteiger charge is 2.11. The second kappa shape index (κ2) is 5.10. The average Bonchev–Trinajstić information content (AvgIpc) is 2.52. The van der Waals surface area contributed by atoms with Crippen molar-refractivity contribution >= 4 is 17.3 Å². The summed E-state index contributed by atoms with van der Waals surface area (Å²) in [6.45, 7) is 6.45. The van der Waals surface area contributed by atoms with Gasteiger partial charge >= 0.3 is 5.97 Å². The summed E-state index contributed by atoms with van der Waals surface area (Å²) in [7, 11) is 0. The first-order valence-corrected chi connectivity index (χ1v) is 5.63. The third-order valence-corrected chi connectivity index (χ3v) is 2.49. The van der Waals surface area contributed by atoms with Gasteiger partial charge in [0.05, 0.1) is 11.6 Å². The van der Waals surface area contributed by atoms with Crippen LogP contribution in [0.25, 0.3) is 0 Å². The van der Waals surface area contributed by atoms with Gasteiger partial charge in [-0.1, -0.05) is 13.8 Å². The van der Waals surface area contributed by atoms with Crippen molar-refractivity contribution in [2.24, 2.45) is 5.92 Å². The first-order chi connectivity index (χ1) is 6.63. The number of esters is 1. The van der Waals surface area contributed by atoms with Crippen LogP contribution < -0.4 is 0 Å². The molecular weight excluding hydrogens is 198 g/mol. The summed E-state index contributed by atoms with van der Waals surface area (Å²) < 4.78 is 4.85. The number of hydrogen-bond acceptors (Lipinski definition) is 4. The Morgan fingerprint density at radius 3 is 2.93 bits per heavy atom. The molecule has 0 aromatic carbocycles. The highest BCUT2D eigenvalue weighted by Crippen LogP contribution is 2.14. The van der Waals surface area contributed by atoms with Crippen LogP contribution in [0.5, 0.6) is 0 Å². The van der Waals surface area contributed by atoms with Gasteiger partial charge in [0.25, 0.3) is 0 Å². The molecule has 0 radical (unpaired) electrons. The van der Waals surface area contributed by atoms with E-state index in [1.54, 1.807) is 12.3 Å². The Morgan fingerprint density at radius 2 is 2.36 bits per heavy atom. The summed E-state index contributed by atoms with van der Waals surface area (Å²) in [4.78, 5) is 15.5. The molecule has 14 heavy (non-hydrogen) atoms. The fourth-order valence-electron chi connectivity index (χ4n) is 1.05. The Morgan fingerprint density at radius 1 is 1.64 bits per heavy atom. The average molecular weight is 213 g/mol. The van der Waals surface area contributed by atoms with Gasteiger partial charge in [-0.05, 0) is 12.8 Å². The Balaban J connectivity index is 2.63. The van der Waals surface area contributed by atoms with Crippen LogP contribution in [0.4, 0.5) is 0 Å². The molecule has 0 amide bonds. The highest BCUT2D eigenvalue weighted by atomic mass is 32.1. The zero-order valence-electron chi connectivity index (χ0n) is 8.74. The maximum atomic E-state index is 11.3. The largest absolute Gasteiger partial charge is 0.461 e. The van der Waals surface area contributed by atoms with Gasteiger partial charge in [0, 0.05) is 11.8 Å². The lowest BCUT2D eigenvalue weighted by molar-refractivity contribution is 0.0520. The normalized spacial score (nSPS) is 10.6. The molecule has 1 aromatic rings. The summed E-state index contributed by atoms with van der Waals surface area (Å²) >= 11 is 1.52. The molecule has 1 heterocycles. The molecule has 0 aliphatic carbocycles. The van der Waals surface area contributed by atoms with Crippen LogP contribution in [0.2, 0.25) is 0 Å². The van der Waals surface area contributed by atoms with Crippen molar-refractivity contribution < 1.29 is 9.53 Å². The number of nitrogens with zero attached hydrogens (tertiary/aromatic N) is 1. The Bertz CT molecular complexity index is 307. The lowest BCUT2D eigenvalue weighted by Gasteiger charge is -1.99. The molecular formula is C10H15NO2S. The lowest BCUT2D eigenvalue weighted by atomic mass is 10.1. The summed E-state index contributed by atoms with van der Waals surface area (Å²) in [5.41, 5.74) is 0.438. The predicted molar refractivity (Wildman–Crippen MR) is 56.6 cm³/mol. The molecule has 0 fully saturated rings. The molecule has 0 saturated carbocycles. The van der Waals surface area contributed by atoms with Crippen LogP contribution in [-0.4, -0.2) is 17.6 Å². The smallest absolute Gasteiger partial charge is 0.357 e. The molecule has 0 unspecified atom stereocenters. The molecule has 0 aliphatic rings. The lowest BCUT2D eigenvalue weighted by Crippen LogP contribution is -2.05. The fraction of sp³-hybridized carbons (Fsp3) is 0.600. The van der Waals surface area contributed by atoms with Gasteiger partial charge in [-0.15, -0.1) is 11.3 Å². The SMILES string of the molecule is CCOC(=O)c1csc(CC(C)C)n1. The maximum absolute atomic E-state index is 11.3. The van der Waals surface area contributed by atoms with E-state index in [0.717, 1.165) is 11.4 Å². The summed E-state index contributed by atoms with van der Waals surface area (Å²) in [5, 5.41) is 2.76. The third kappa shape index (κ3) is 3.10. The van der Waals surface area contributed by atoms with Crippen LogP contribution in [0.3, 0.4) is 0 Å².